The Hall–Kier alpha value is -1.43. The van der Waals surface area contributed by atoms with Gasteiger partial charge in [0, 0.05) is 0 Å². The van der Waals surface area contributed by atoms with Crippen LogP contribution in [0.2, 0.25) is 5.28 Å². The first-order valence-corrected chi connectivity index (χ1v) is 5.82. The van der Waals surface area contributed by atoms with Crippen LogP contribution in [-0.4, -0.2) is 21.5 Å². The third kappa shape index (κ3) is 4.52. The SMILES string of the molecule is CCCCCCOc1nc(Cl)ncc1[N+](=O)[O-]. The van der Waals surface area contributed by atoms with E-state index in [9.17, 15) is 10.1 Å². The summed E-state index contributed by atoms with van der Waals surface area (Å²) >= 11 is 5.56. The van der Waals surface area contributed by atoms with Gasteiger partial charge in [-0.2, -0.15) is 4.98 Å². The van der Waals surface area contributed by atoms with E-state index in [0.717, 1.165) is 31.9 Å². The highest BCUT2D eigenvalue weighted by Gasteiger charge is 2.18. The summed E-state index contributed by atoms with van der Waals surface area (Å²) in [5.74, 6) is -0.0634. The predicted octanol–water partition coefficient (Wildman–Crippen LogP) is 3.00. The van der Waals surface area contributed by atoms with Gasteiger partial charge < -0.3 is 4.74 Å². The predicted molar refractivity (Wildman–Crippen MR) is 63.3 cm³/mol. The molecule has 0 bridgehead atoms. The summed E-state index contributed by atoms with van der Waals surface area (Å²) < 4.78 is 5.25. The Morgan fingerprint density at radius 1 is 1.47 bits per heavy atom. The van der Waals surface area contributed by atoms with Crippen molar-refractivity contribution in [3.8, 4) is 5.88 Å². The van der Waals surface area contributed by atoms with Crippen molar-refractivity contribution in [2.45, 2.75) is 32.6 Å². The number of nitrogens with zero attached hydrogens (tertiary/aromatic N) is 3. The molecule has 0 saturated carbocycles. The van der Waals surface area contributed by atoms with Crippen molar-refractivity contribution in [2.24, 2.45) is 0 Å². The summed E-state index contributed by atoms with van der Waals surface area (Å²) in [5.41, 5.74) is -0.259. The van der Waals surface area contributed by atoms with Gasteiger partial charge in [0.05, 0.1) is 11.5 Å². The summed E-state index contributed by atoms with van der Waals surface area (Å²) in [5, 5.41) is 10.6. The highest BCUT2D eigenvalue weighted by molar-refractivity contribution is 6.28. The van der Waals surface area contributed by atoms with Gasteiger partial charge in [0.25, 0.3) is 5.88 Å². The molecule has 0 spiro atoms. The first-order valence-electron chi connectivity index (χ1n) is 5.45. The van der Waals surface area contributed by atoms with E-state index in [0.29, 0.717) is 6.61 Å². The highest BCUT2D eigenvalue weighted by Crippen LogP contribution is 2.24. The Kier molecular flexibility index (Phi) is 5.62. The molecule has 94 valence electrons. The average molecular weight is 260 g/mol. The number of hydrogen-bond acceptors (Lipinski definition) is 5. The molecule has 0 N–H and O–H groups in total. The Labute approximate surface area is 104 Å². The molecular weight excluding hydrogens is 246 g/mol. The van der Waals surface area contributed by atoms with E-state index in [1.807, 2.05) is 0 Å². The van der Waals surface area contributed by atoms with Crippen LogP contribution < -0.4 is 4.74 Å². The van der Waals surface area contributed by atoms with Crippen molar-refractivity contribution < 1.29 is 9.66 Å². The van der Waals surface area contributed by atoms with E-state index in [1.165, 1.54) is 0 Å². The van der Waals surface area contributed by atoms with Crippen molar-refractivity contribution in [2.75, 3.05) is 6.61 Å². The minimum absolute atomic E-state index is 0.0563. The number of hydrogen-bond donors (Lipinski definition) is 0. The van der Waals surface area contributed by atoms with Crippen LogP contribution in [0.15, 0.2) is 6.20 Å². The van der Waals surface area contributed by atoms with E-state index in [-0.39, 0.29) is 16.9 Å². The molecule has 0 atom stereocenters. The van der Waals surface area contributed by atoms with Gasteiger partial charge in [-0.25, -0.2) is 4.98 Å². The van der Waals surface area contributed by atoms with Gasteiger partial charge in [0.15, 0.2) is 0 Å². The zero-order valence-corrected chi connectivity index (χ0v) is 10.3. The van der Waals surface area contributed by atoms with Crippen LogP contribution >= 0.6 is 11.6 Å². The zero-order chi connectivity index (χ0) is 12.7. The van der Waals surface area contributed by atoms with Crippen molar-refractivity contribution in [3.05, 3.63) is 21.6 Å². The lowest BCUT2D eigenvalue weighted by atomic mass is 10.2. The van der Waals surface area contributed by atoms with E-state index in [2.05, 4.69) is 16.9 Å². The lowest BCUT2D eigenvalue weighted by Gasteiger charge is -2.05. The highest BCUT2D eigenvalue weighted by atomic mass is 35.5. The largest absolute Gasteiger partial charge is 0.473 e. The third-order valence-electron chi connectivity index (χ3n) is 2.14. The van der Waals surface area contributed by atoms with Gasteiger partial charge >= 0.3 is 5.69 Å². The van der Waals surface area contributed by atoms with E-state index in [4.69, 9.17) is 16.3 Å². The molecule has 0 aliphatic rings. The van der Waals surface area contributed by atoms with Gasteiger partial charge in [0.2, 0.25) is 5.28 Å². The number of aromatic nitrogens is 2. The van der Waals surface area contributed by atoms with Crippen molar-refractivity contribution in [1.82, 2.24) is 9.97 Å². The summed E-state index contributed by atoms with van der Waals surface area (Å²) in [6.07, 6.45) is 5.17. The Morgan fingerprint density at radius 2 is 2.24 bits per heavy atom. The number of nitro groups is 1. The molecule has 0 saturated heterocycles. The average Bonchev–Trinajstić information content (AvgIpc) is 2.28. The maximum absolute atomic E-state index is 10.7. The second-order valence-corrected chi connectivity index (χ2v) is 3.83. The quantitative estimate of drug-likeness (QED) is 0.325. The number of halogens is 1. The summed E-state index contributed by atoms with van der Waals surface area (Å²) in [4.78, 5) is 17.3. The van der Waals surface area contributed by atoms with Crippen LogP contribution in [0.25, 0.3) is 0 Å². The van der Waals surface area contributed by atoms with Crippen LogP contribution in [0, 0.1) is 10.1 Å². The molecular formula is C10H14ClN3O3. The first kappa shape index (κ1) is 13.6. The summed E-state index contributed by atoms with van der Waals surface area (Å²) in [6.45, 7) is 2.50. The number of rotatable bonds is 7. The number of unbranched alkanes of at least 4 members (excludes halogenated alkanes) is 3. The normalized spacial score (nSPS) is 10.2. The van der Waals surface area contributed by atoms with Crippen LogP contribution in [0.4, 0.5) is 5.69 Å². The van der Waals surface area contributed by atoms with Crippen molar-refractivity contribution >= 4 is 17.3 Å². The fourth-order valence-electron chi connectivity index (χ4n) is 1.27. The Bertz CT molecular complexity index is 387. The van der Waals surface area contributed by atoms with Crippen molar-refractivity contribution in [3.63, 3.8) is 0 Å². The molecule has 0 aliphatic carbocycles. The van der Waals surface area contributed by atoms with Crippen LogP contribution in [-0.2, 0) is 0 Å². The Balaban J connectivity index is 2.56. The Morgan fingerprint density at radius 3 is 2.88 bits per heavy atom. The van der Waals surface area contributed by atoms with Crippen LogP contribution in [0.1, 0.15) is 32.6 Å². The minimum atomic E-state index is -0.586. The maximum Gasteiger partial charge on any atom is 0.349 e. The molecule has 1 rings (SSSR count). The molecule has 1 aromatic rings. The smallest absolute Gasteiger partial charge is 0.349 e. The summed E-state index contributed by atoms with van der Waals surface area (Å²) in [6, 6.07) is 0. The number of ether oxygens (including phenoxy) is 1. The molecule has 0 amide bonds. The molecule has 0 unspecified atom stereocenters. The molecule has 0 aliphatic heterocycles. The molecule has 0 aromatic carbocycles. The zero-order valence-electron chi connectivity index (χ0n) is 9.56. The van der Waals surface area contributed by atoms with E-state index < -0.39 is 4.92 Å². The standard InChI is InChI=1S/C10H14ClN3O3/c1-2-3-4-5-6-17-9-8(14(15)16)7-12-10(11)13-9/h7H,2-6H2,1H3. The summed E-state index contributed by atoms with van der Waals surface area (Å²) in [7, 11) is 0. The monoisotopic (exact) mass is 259 g/mol. The minimum Gasteiger partial charge on any atom is -0.473 e. The second kappa shape index (κ2) is 7.01. The first-order chi connectivity index (χ1) is 8.15. The van der Waals surface area contributed by atoms with Gasteiger partial charge in [0.1, 0.15) is 6.20 Å². The topological polar surface area (TPSA) is 78.2 Å². The molecule has 0 fully saturated rings. The van der Waals surface area contributed by atoms with Gasteiger partial charge in [-0.3, -0.25) is 10.1 Å². The fourth-order valence-corrected chi connectivity index (χ4v) is 1.39. The lowest BCUT2D eigenvalue weighted by molar-refractivity contribution is -0.386. The van der Waals surface area contributed by atoms with Crippen LogP contribution in [0.3, 0.4) is 0 Å². The fraction of sp³-hybridized carbons (Fsp3) is 0.600. The lowest BCUT2D eigenvalue weighted by Crippen LogP contribution is -2.03. The van der Waals surface area contributed by atoms with Gasteiger partial charge in [-0.1, -0.05) is 26.2 Å². The maximum atomic E-state index is 10.7. The van der Waals surface area contributed by atoms with Crippen LogP contribution in [0.5, 0.6) is 5.88 Å². The molecule has 6 nitrogen and oxygen atoms in total. The molecule has 0 radical (unpaired) electrons. The second-order valence-electron chi connectivity index (χ2n) is 3.50. The van der Waals surface area contributed by atoms with Gasteiger partial charge in [-0.15, -0.1) is 0 Å². The third-order valence-corrected chi connectivity index (χ3v) is 2.32. The van der Waals surface area contributed by atoms with Gasteiger partial charge in [-0.05, 0) is 18.0 Å². The van der Waals surface area contributed by atoms with E-state index >= 15 is 0 Å². The molecule has 17 heavy (non-hydrogen) atoms. The molecule has 7 heteroatoms. The van der Waals surface area contributed by atoms with E-state index in [1.54, 1.807) is 0 Å². The van der Waals surface area contributed by atoms with Crippen molar-refractivity contribution in [1.29, 1.82) is 0 Å². The molecule has 1 heterocycles. The molecule has 1 aromatic heterocycles.